The summed E-state index contributed by atoms with van der Waals surface area (Å²) in [5, 5.41) is 0. The molecular formula is C9H15ClN2O2. The fraction of sp³-hybridized carbons (Fsp3) is 0.778. The smallest absolute Gasteiger partial charge is 0.312 e. The highest BCUT2D eigenvalue weighted by atomic mass is 35.5. The Morgan fingerprint density at radius 3 is 2.07 bits per heavy atom. The number of carbonyl (C=O) groups excluding carboxylic acids is 2. The van der Waals surface area contributed by atoms with Crippen LogP contribution in [0.3, 0.4) is 0 Å². The molecule has 4 nitrogen and oxygen atoms in total. The van der Waals surface area contributed by atoms with Gasteiger partial charge in [0.15, 0.2) is 0 Å². The average molecular weight is 219 g/mol. The summed E-state index contributed by atoms with van der Waals surface area (Å²) < 4.78 is 0. The van der Waals surface area contributed by atoms with E-state index in [-0.39, 0.29) is 5.91 Å². The third-order valence-electron chi connectivity index (χ3n) is 2.25. The Bertz CT molecular complexity index is 209. The van der Waals surface area contributed by atoms with Gasteiger partial charge in [0.1, 0.15) is 0 Å². The van der Waals surface area contributed by atoms with E-state index in [1.54, 1.807) is 4.90 Å². The van der Waals surface area contributed by atoms with Crippen molar-refractivity contribution in [2.45, 2.75) is 13.3 Å². The van der Waals surface area contributed by atoms with E-state index in [0.717, 1.165) is 6.42 Å². The molecule has 1 rings (SSSR count). The summed E-state index contributed by atoms with van der Waals surface area (Å²) in [5.41, 5.74) is 0. The van der Waals surface area contributed by atoms with E-state index in [1.807, 2.05) is 6.92 Å². The normalized spacial score (nSPS) is 17.9. The summed E-state index contributed by atoms with van der Waals surface area (Å²) in [6.45, 7) is 4.36. The van der Waals surface area contributed by atoms with Gasteiger partial charge in [-0.05, 0) is 6.42 Å². The number of hydrogen-bond donors (Lipinski definition) is 0. The number of amides is 2. The van der Waals surface area contributed by atoms with Gasteiger partial charge in [0.25, 0.3) is 0 Å². The van der Waals surface area contributed by atoms with Gasteiger partial charge >= 0.3 is 11.8 Å². The first-order valence-electron chi connectivity index (χ1n) is 4.84. The molecule has 0 saturated carbocycles. The van der Waals surface area contributed by atoms with E-state index in [1.165, 1.54) is 4.90 Å². The zero-order chi connectivity index (χ0) is 10.6. The molecule has 0 aromatic carbocycles. The summed E-state index contributed by atoms with van der Waals surface area (Å²) in [5.74, 6) is -0.416. The molecule has 2 amide bonds. The van der Waals surface area contributed by atoms with Crippen molar-refractivity contribution in [1.29, 1.82) is 0 Å². The Kier molecular flexibility index (Phi) is 4.20. The Hall–Kier alpha value is -0.770. The van der Waals surface area contributed by atoms with Crippen molar-refractivity contribution in [2.75, 3.05) is 32.1 Å². The fourth-order valence-electron chi connectivity index (χ4n) is 1.51. The lowest BCUT2D eigenvalue weighted by Gasteiger charge is -2.33. The van der Waals surface area contributed by atoms with E-state index < -0.39 is 5.91 Å². The molecule has 0 bridgehead atoms. The van der Waals surface area contributed by atoms with Gasteiger partial charge in [0.2, 0.25) is 0 Å². The molecule has 5 heteroatoms. The molecule has 0 unspecified atom stereocenters. The number of halogens is 1. The first-order valence-corrected chi connectivity index (χ1v) is 5.38. The van der Waals surface area contributed by atoms with Gasteiger partial charge in [0, 0.05) is 32.1 Å². The highest BCUT2D eigenvalue weighted by Gasteiger charge is 2.31. The van der Waals surface area contributed by atoms with Gasteiger partial charge in [-0.2, -0.15) is 0 Å². The quantitative estimate of drug-likeness (QED) is 0.503. The van der Waals surface area contributed by atoms with Crippen molar-refractivity contribution in [3.05, 3.63) is 0 Å². The van der Waals surface area contributed by atoms with Crippen LogP contribution in [-0.2, 0) is 9.59 Å². The molecular weight excluding hydrogens is 204 g/mol. The van der Waals surface area contributed by atoms with Crippen LogP contribution in [0.1, 0.15) is 13.3 Å². The van der Waals surface area contributed by atoms with Crippen molar-refractivity contribution in [1.82, 2.24) is 9.80 Å². The van der Waals surface area contributed by atoms with Crippen LogP contribution in [-0.4, -0.2) is 53.7 Å². The Morgan fingerprint density at radius 2 is 1.64 bits per heavy atom. The molecule has 0 atom stereocenters. The van der Waals surface area contributed by atoms with E-state index in [4.69, 9.17) is 11.6 Å². The maximum absolute atomic E-state index is 11.5. The predicted octanol–water partition coefficient (Wildman–Crippen LogP) is 0.306. The van der Waals surface area contributed by atoms with E-state index in [0.29, 0.717) is 32.1 Å². The molecule has 1 aliphatic heterocycles. The molecule has 1 fully saturated rings. The van der Waals surface area contributed by atoms with Crippen LogP contribution in [0, 0.1) is 0 Å². The second-order valence-corrected chi connectivity index (χ2v) is 3.65. The van der Waals surface area contributed by atoms with Crippen molar-refractivity contribution < 1.29 is 9.59 Å². The number of hydrogen-bond acceptors (Lipinski definition) is 2. The fourth-order valence-corrected chi connectivity index (χ4v) is 1.72. The Balaban J connectivity index is 2.55. The second kappa shape index (κ2) is 5.20. The van der Waals surface area contributed by atoms with E-state index >= 15 is 0 Å². The summed E-state index contributed by atoms with van der Waals surface area (Å²) in [6.07, 6.45) is 0.883. The molecule has 0 radical (unpaired) electrons. The van der Waals surface area contributed by atoms with Gasteiger partial charge in [-0.15, -0.1) is 11.6 Å². The van der Waals surface area contributed by atoms with Crippen LogP contribution in [0.15, 0.2) is 0 Å². The Labute approximate surface area is 88.8 Å². The van der Waals surface area contributed by atoms with Crippen molar-refractivity contribution in [3.8, 4) is 0 Å². The van der Waals surface area contributed by atoms with Gasteiger partial charge in [-0.25, -0.2) is 0 Å². The average Bonchev–Trinajstić information content (AvgIpc) is 2.18. The predicted molar refractivity (Wildman–Crippen MR) is 54.2 cm³/mol. The second-order valence-electron chi connectivity index (χ2n) is 3.27. The summed E-state index contributed by atoms with van der Waals surface area (Å²) in [4.78, 5) is 26.1. The van der Waals surface area contributed by atoms with Crippen molar-refractivity contribution >= 4 is 23.4 Å². The summed E-state index contributed by atoms with van der Waals surface area (Å²) >= 11 is 5.53. The first kappa shape index (κ1) is 11.3. The molecule has 80 valence electrons. The maximum atomic E-state index is 11.5. The minimum atomic E-state index is -0.412. The molecule has 14 heavy (non-hydrogen) atoms. The molecule has 0 N–H and O–H groups in total. The summed E-state index contributed by atoms with van der Waals surface area (Å²) in [7, 11) is 0. The highest BCUT2D eigenvalue weighted by Crippen LogP contribution is 2.05. The topological polar surface area (TPSA) is 40.6 Å². The number of nitrogens with zero attached hydrogens (tertiary/aromatic N) is 2. The third-order valence-corrected chi connectivity index (χ3v) is 2.41. The largest absolute Gasteiger partial charge is 0.333 e. The van der Waals surface area contributed by atoms with Crippen molar-refractivity contribution in [3.63, 3.8) is 0 Å². The molecule has 1 aliphatic rings. The minimum Gasteiger partial charge on any atom is -0.333 e. The lowest BCUT2D eigenvalue weighted by Crippen LogP contribution is -2.54. The number of carbonyl (C=O) groups is 2. The lowest BCUT2D eigenvalue weighted by atomic mass is 10.2. The number of piperazine rings is 1. The van der Waals surface area contributed by atoms with Gasteiger partial charge in [-0.1, -0.05) is 6.92 Å². The molecule has 0 aromatic rings. The van der Waals surface area contributed by atoms with Crippen LogP contribution in [0.4, 0.5) is 0 Å². The molecule has 1 saturated heterocycles. The van der Waals surface area contributed by atoms with E-state index in [9.17, 15) is 9.59 Å². The first-order chi connectivity index (χ1) is 6.70. The van der Waals surface area contributed by atoms with Crippen LogP contribution >= 0.6 is 11.6 Å². The Morgan fingerprint density at radius 1 is 1.14 bits per heavy atom. The molecule has 0 aliphatic carbocycles. The third kappa shape index (κ3) is 2.38. The number of rotatable bonds is 4. The van der Waals surface area contributed by atoms with Crippen LogP contribution in [0.25, 0.3) is 0 Å². The zero-order valence-electron chi connectivity index (χ0n) is 8.33. The van der Waals surface area contributed by atoms with Gasteiger partial charge < -0.3 is 9.80 Å². The van der Waals surface area contributed by atoms with Crippen LogP contribution in [0.2, 0.25) is 0 Å². The molecule has 0 spiro atoms. The van der Waals surface area contributed by atoms with E-state index in [2.05, 4.69) is 0 Å². The monoisotopic (exact) mass is 218 g/mol. The summed E-state index contributed by atoms with van der Waals surface area (Å²) in [6, 6.07) is 0. The highest BCUT2D eigenvalue weighted by molar-refractivity contribution is 6.35. The van der Waals surface area contributed by atoms with Crippen LogP contribution < -0.4 is 0 Å². The zero-order valence-corrected chi connectivity index (χ0v) is 9.09. The maximum Gasteiger partial charge on any atom is 0.312 e. The standard InChI is InChI=1S/C9H15ClN2O2/c1-2-4-11-6-7-12(5-3-10)9(14)8(11)13/h2-7H2,1H3. The molecule has 1 heterocycles. The van der Waals surface area contributed by atoms with Gasteiger partial charge in [-0.3, -0.25) is 9.59 Å². The number of alkyl halides is 1. The van der Waals surface area contributed by atoms with Crippen LogP contribution in [0.5, 0.6) is 0 Å². The van der Waals surface area contributed by atoms with Gasteiger partial charge in [0.05, 0.1) is 0 Å². The SMILES string of the molecule is CCCN1CCN(CCCl)C(=O)C1=O. The lowest BCUT2D eigenvalue weighted by molar-refractivity contribution is -0.155. The molecule has 0 aromatic heterocycles. The van der Waals surface area contributed by atoms with Crippen molar-refractivity contribution in [2.24, 2.45) is 0 Å². The minimum absolute atomic E-state index is 0.382.